The molecule has 7 heteroatoms. The van der Waals surface area contributed by atoms with Crippen LogP contribution in [0.2, 0.25) is 0 Å². The van der Waals surface area contributed by atoms with E-state index < -0.39 is 0 Å². The smallest absolute Gasteiger partial charge is 0.187 e. The molecule has 0 aliphatic carbocycles. The summed E-state index contributed by atoms with van der Waals surface area (Å²) in [6.45, 7) is 7.71. The van der Waals surface area contributed by atoms with Crippen LogP contribution < -0.4 is 0 Å². The Kier molecular flexibility index (Phi) is 5.97. The summed E-state index contributed by atoms with van der Waals surface area (Å²) in [7, 11) is 0. The van der Waals surface area contributed by atoms with Crippen molar-refractivity contribution in [1.29, 1.82) is 5.26 Å². The molecule has 0 aliphatic heterocycles. The second kappa shape index (κ2) is 10.6. The Hall–Kier alpha value is -6.22. The number of thiophene rings is 3. The van der Waals surface area contributed by atoms with Crippen molar-refractivity contribution in [3.05, 3.63) is 138 Å². The van der Waals surface area contributed by atoms with Gasteiger partial charge < -0.3 is 0 Å². The molecule has 0 amide bonds. The first-order valence-electron chi connectivity index (χ1n) is 16.4. The van der Waals surface area contributed by atoms with E-state index in [9.17, 15) is 5.26 Å². The van der Waals surface area contributed by atoms with Crippen LogP contribution in [0.25, 0.3) is 110 Å². The van der Waals surface area contributed by atoms with Crippen LogP contribution in [0.15, 0.2) is 121 Å². The Morgan fingerprint density at radius 2 is 1.00 bits per heavy atom. The molecule has 0 bridgehead atoms. The van der Waals surface area contributed by atoms with Gasteiger partial charge in [-0.15, -0.1) is 34.0 Å². The molecule has 0 fully saturated rings. The van der Waals surface area contributed by atoms with Gasteiger partial charge in [0.1, 0.15) is 11.0 Å². The van der Waals surface area contributed by atoms with E-state index in [-0.39, 0.29) is 0 Å². The number of hydrogen-bond acceptors (Lipinski definition) is 6. The molecule has 4 nitrogen and oxygen atoms in total. The number of nitrogens with zero attached hydrogens (tertiary/aromatic N) is 4. The highest BCUT2D eigenvalue weighted by Crippen LogP contribution is 2.48. The summed E-state index contributed by atoms with van der Waals surface area (Å²) >= 11 is 5.38. The maximum absolute atomic E-state index is 9.81. The predicted molar refractivity (Wildman–Crippen MR) is 218 cm³/mol. The van der Waals surface area contributed by atoms with Gasteiger partial charge in [-0.25, -0.2) is 14.8 Å². The average molecular weight is 701 g/mol. The van der Waals surface area contributed by atoms with Gasteiger partial charge in [0.05, 0.1) is 39.0 Å². The number of nitriles is 1. The minimum Gasteiger partial charge on any atom is -0.242 e. The lowest BCUT2D eigenvalue weighted by Crippen LogP contribution is -1.92. The molecule has 0 saturated carbocycles. The fourth-order valence-corrected chi connectivity index (χ4v) is 10.9. The molecule has 0 radical (unpaired) electrons. The van der Waals surface area contributed by atoms with Gasteiger partial charge in [-0.05, 0) is 76.5 Å². The van der Waals surface area contributed by atoms with Crippen molar-refractivity contribution >= 4 is 124 Å². The van der Waals surface area contributed by atoms with Gasteiger partial charge >= 0.3 is 0 Å². The molecule has 0 atom stereocenters. The van der Waals surface area contributed by atoms with Crippen LogP contribution in [0, 0.1) is 17.9 Å². The first-order valence-corrected chi connectivity index (χ1v) is 18.8. The summed E-state index contributed by atoms with van der Waals surface area (Å²) in [4.78, 5) is 16.9. The zero-order chi connectivity index (χ0) is 33.8. The Morgan fingerprint density at radius 3 is 1.57 bits per heavy atom. The van der Waals surface area contributed by atoms with Crippen LogP contribution in [0.5, 0.6) is 0 Å². The zero-order valence-corrected chi connectivity index (χ0v) is 29.0. The average Bonchev–Trinajstić information content (AvgIpc) is 3.87. The van der Waals surface area contributed by atoms with Gasteiger partial charge in [0, 0.05) is 51.1 Å². The van der Waals surface area contributed by atoms with Crippen LogP contribution in [0.4, 0.5) is 5.69 Å². The van der Waals surface area contributed by atoms with Crippen molar-refractivity contribution in [3.8, 4) is 27.0 Å². The quantitative estimate of drug-likeness (QED) is 0.133. The highest BCUT2D eigenvalue weighted by molar-refractivity contribution is 7.26. The highest BCUT2D eigenvalue weighted by Gasteiger charge is 2.22. The van der Waals surface area contributed by atoms with Gasteiger partial charge in [0.25, 0.3) is 0 Å². The van der Waals surface area contributed by atoms with Crippen LogP contribution in [0.3, 0.4) is 0 Å². The number of benzene rings is 7. The van der Waals surface area contributed by atoms with Gasteiger partial charge in [-0.1, -0.05) is 66.7 Å². The van der Waals surface area contributed by atoms with E-state index >= 15 is 0 Å². The van der Waals surface area contributed by atoms with E-state index in [1.54, 1.807) is 11.3 Å². The lowest BCUT2D eigenvalue weighted by molar-refractivity contribution is 1.44. The van der Waals surface area contributed by atoms with Crippen molar-refractivity contribution in [3.63, 3.8) is 0 Å². The minimum absolute atomic E-state index is 0.547. The predicted octanol–water partition coefficient (Wildman–Crippen LogP) is 13.6. The summed E-state index contributed by atoms with van der Waals surface area (Å²) in [5, 5.41) is 18.4. The molecule has 11 aromatic rings. The highest BCUT2D eigenvalue weighted by atomic mass is 32.1. The normalized spacial score (nSPS) is 11.9. The number of hydrogen-bond donors (Lipinski definition) is 0. The standard InChI is InChI=1S/C44H20N4S3/c1-46-26-13-15-30-32(21-26)31-18-23(22-45)10-14-29(31)39-40(30)48-42-41(47-39)43(24-11-16-37-33(19-24)27-6-2-4-8-35(27)49-37)51-44(42)25-12-17-38-34(20-25)28-7-3-5-9-36(28)50-38/h2-21H. The summed E-state index contributed by atoms with van der Waals surface area (Å²) in [5.41, 5.74) is 6.64. The molecule has 0 unspecified atom stereocenters. The fourth-order valence-electron chi connectivity index (χ4n) is 7.53. The van der Waals surface area contributed by atoms with Crippen LogP contribution in [0.1, 0.15) is 5.56 Å². The van der Waals surface area contributed by atoms with Crippen LogP contribution in [-0.2, 0) is 0 Å². The van der Waals surface area contributed by atoms with Crippen molar-refractivity contribution in [2.24, 2.45) is 0 Å². The summed E-state index contributed by atoms with van der Waals surface area (Å²) in [6, 6.07) is 44.5. The Balaban J connectivity index is 1.27. The molecule has 0 saturated heterocycles. The Morgan fingerprint density at radius 1 is 0.471 bits per heavy atom. The molecular weight excluding hydrogens is 681 g/mol. The van der Waals surface area contributed by atoms with E-state index in [0.717, 1.165) is 64.5 Å². The summed E-state index contributed by atoms with van der Waals surface area (Å²) in [5.74, 6) is 0. The van der Waals surface area contributed by atoms with Crippen LogP contribution >= 0.6 is 34.0 Å². The van der Waals surface area contributed by atoms with Gasteiger partial charge in [0.2, 0.25) is 0 Å². The van der Waals surface area contributed by atoms with Crippen molar-refractivity contribution in [2.75, 3.05) is 0 Å². The monoisotopic (exact) mass is 700 g/mol. The maximum Gasteiger partial charge on any atom is 0.187 e. The molecule has 4 heterocycles. The van der Waals surface area contributed by atoms with Crippen LogP contribution in [-0.4, -0.2) is 9.97 Å². The van der Waals surface area contributed by atoms with E-state index in [1.807, 2.05) is 59.1 Å². The van der Waals surface area contributed by atoms with E-state index in [0.29, 0.717) is 11.3 Å². The second-order valence-corrected chi connectivity index (χ2v) is 15.9. The van der Waals surface area contributed by atoms with E-state index in [1.165, 1.54) is 40.3 Å². The molecule has 11 rings (SSSR count). The molecule has 0 aliphatic rings. The number of aromatic nitrogens is 2. The zero-order valence-electron chi connectivity index (χ0n) is 26.6. The molecule has 4 aromatic heterocycles. The minimum atomic E-state index is 0.547. The third kappa shape index (κ3) is 4.15. The fraction of sp³-hybridized carbons (Fsp3) is 0. The van der Waals surface area contributed by atoms with Gasteiger partial charge in [0.15, 0.2) is 5.69 Å². The third-order valence-corrected chi connectivity index (χ3v) is 13.5. The summed E-state index contributed by atoms with van der Waals surface area (Å²) < 4.78 is 5.08. The van der Waals surface area contributed by atoms with Crippen molar-refractivity contribution in [2.45, 2.75) is 0 Å². The van der Waals surface area contributed by atoms with E-state index in [4.69, 9.17) is 16.5 Å². The molecular formula is C44H20N4S3. The second-order valence-electron chi connectivity index (χ2n) is 12.7. The van der Waals surface area contributed by atoms with E-state index in [2.05, 4.69) is 95.8 Å². The molecule has 0 spiro atoms. The van der Waals surface area contributed by atoms with Crippen molar-refractivity contribution < 1.29 is 0 Å². The first-order chi connectivity index (χ1) is 25.1. The molecule has 51 heavy (non-hydrogen) atoms. The SMILES string of the molecule is [C-]#[N+]c1ccc2c(c1)c1cc(C#N)ccc1c1nc3c(-c4ccc5sc6ccccc6c5c4)sc(-c4ccc5sc6ccccc6c5c4)c3nc21. The number of rotatable bonds is 2. The Bertz CT molecular complexity index is 3180. The topological polar surface area (TPSA) is 53.9 Å². The lowest BCUT2D eigenvalue weighted by Gasteiger charge is -2.11. The lowest BCUT2D eigenvalue weighted by atomic mass is 9.97. The first kappa shape index (κ1) is 28.6. The maximum atomic E-state index is 9.81. The van der Waals surface area contributed by atoms with Gasteiger partial charge in [-0.2, -0.15) is 5.26 Å². The third-order valence-electron chi connectivity index (χ3n) is 9.89. The number of fused-ring (bicyclic) bond motifs is 13. The molecule has 0 N–H and O–H groups in total. The largest absolute Gasteiger partial charge is 0.242 e. The molecule has 234 valence electrons. The molecule has 7 aromatic carbocycles. The Labute approximate surface area is 302 Å². The van der Waals surface area contributed by atoms with Gasteiger partial charge in [-0.3, -0.25) is 0 Å². The summed E-state index contributed by atoms with van der Waals surface area (Å²) in [6.07, 6.45) is 0. The van der Waals surface area contributed by atoms with Crippen molar-refractivity contribution in [1.82, 2.24) is 9.97 Å².